The highest BCUT2D eigenvalue weighted by atomic mass is 16.5. The van der Waals surface area contributed by atoms with Gasteiger partial charge in [-0.2, -0.15) is 0 Å². The lowest BCUT2D eigenvalue weighted by Crippen LogP contribution is -2.54. The second-order valence-electron chi connectivity index (χ2n) is 4.65. The fourth-order valence-corrected chi connectivity index (χ4v) is 1.90. The van der Waals surface area contributed by atoms with Crippen LogP contribution >= 0.6 is 0 Å². The maximum Gasteiger partial charge on any atom is 0.118 e. The molecular formula is C13H20N2O2. The summed E-state index contributed by atoms with van der Waals surface area (Å²) in [5.74, 6) is 0.888. The standard InChI is InChI=1S/C13H20N2O2/c1-16-12-4-2-11(3-5-12)6-15-8-13(7-14)9-17-10-13/h2-5,15H,6-10,14H2,1H3. The molecule has 1 saturated heterocycles. The average Bonchev–Trinajstić information content (AvgIpc) is 2.33. The van der Waals surface area contributed by atoms with Crippen LogP contribution in [0.3, 0.4) is 0 Å². The minimum Gasteiger partial charge on any atom is -0.497 e. The molecular weight excluding hydrogens is 216 g/mol. The van der Waals surface area contributed by atoms with Gasteiger partial charge in [0, 0.05) is 25.0 Å². The van der Waals surface area contributed by atoms with Gasteiger partial charge in [-0.1, -0.05) is 12.1 Å². The second kappa shape index (κ2) is 5.49. The lowest BCUT2D eigenvalue weighted by atomic mass is 9.86. The van der Waals surface area contributed by atoms with Crippen molar-refractivity contribution in [1.82, 2.24) is 5.32 Å². The van der Waals surface area contributed by atoms with Crippen molar-refractivity contribution in [3.8, 4) is 5.75 Å². The Labute approximate surface area is 102 Å². The van der Waals surface area contributed by atoms with Gasteiger partial charge in [-0.15, -0.1) is 0 Å². The van der Waals surface area contributed by atoms with Gasteiger partial charge in [0.2, 0.25) is 0 Å². The third-order valence-electron chi connectivity index (χ3n) is 3.24. The topological polar surface area (TPSA) is 56.5 Å². The lowest BCUT2D eigenvalue weighted by Gasteiger charge is -2.40. The van der Waals surface area contributed by atoms with Crippen molar-refractivity contribution in [3.63, 3.8) is 0 Å². The van der Waals surface area contributed by atoms with E-state index in [1.807, 2.05) is 12.1 Å². The van der Waals surface area contributed by atoms with Crippen molar-refractivity contribution < 1.29 is 9.47 Å². The van der Waals surface area contributed by atoms with Crippen LogP contribution in [0.25, 0.3) is 0 Å². The first-order chi connectivity index (χ1) is 8.28. The molecule has 1 aromatic rings. The van der Waals surface area contributed by atoms with Crippen LogP contribution in [-0.4, -0.2) is 33.4 Å². The van der Waals surface area contributed by atoms with Crippen molar-refractivity contribution in [2.24, 2.45) is 11.1 Å². The molecule has 0 spiro atoms. The van der Waals surface area contributed by atoms with Crippen LogP contribution in [0.15, 0.2) is 24.3 Å². The molecule has 0 aliphatic carbocycles. The first-order valence-corrected chi connectivity index (χ1v) is 5.89. The van der Waals surface area contributed by atoms with Gasteiger partial charge in [0.15, 0.2) is 0 Å². The molecule has 17 heavy (non-hydrogen) atoms. The van der Waals surface area contributed by atoms with Crippen LogP contribution < -0.4 is 15.8 Å². The molecule has 3 N–H and O–H groups in total. The molecule has 1 aliphatic rings. The first kappa shape index (κ1) is 12.4. The van der Waals surface area contributed by atoms with E-state index in [0.29, 0.717) is 6.54 Å². The van der Waals surface area contributed by atoms with E-state index in [4.69, 9.17) is 15.2 Å². The van der Waals surface area contributed by atoms with E-state index >= 15 is 0 Å². The quantitative estimate of drug-likeness (QED) is 0.765. The van der Waals surface area contributed by atoms with Crippen LogP contribution in [0.4, 0.5) is 0 Å². The lowest BCUT2D eigenvalue weighted by molar-refractivity contribution is -0.105. The Kier molecular flexibility index (Phi) is 3.99. The summed E-state index contributed by atoms with van der Waals surface area (Å²) in [5.41, 5.74) is 7.16. The van der Waals surface area contributed by atoms with E-state index in [0.717, 1.165) is 32.1 Å². The molecule has 0 saturated carbocycles. The van der Waals surface area contributed by atoms with E-state index in [9.17, 15) is 0 Å². The highest BCUT2D eigenvalue weighted by molar-refractivity contribution is 5.27. The summed E-state index contributed by atoms with van der Waals surface area (Å²) < 4.78 is 10.3. The number of hydrogen-bond acceptors (Lipinski definition) is 4. The summed E-state index contributed by atoms with van der Waals surface area (Å²) in [7, 11) is 1.68. The van der Waals surface area contributed by atoms with Crippen LogP contribution in [0.1, 0.15) is 5.56 Å². The summed E-state index contributed by atoms with van der Waals surface area (Å²) >= 11 is 0. The van der Waals surface area contributed by atoms with Gasteiger partial charge in [0.05, 0.1) is 20.3 Å². The monoisotopic (exact) mass is 236 g/mol. The van der Waals surface area contributed by atoms with Crippen molar-refractivity contribution in [2.45, 2.75) is 6.54 Å². The zero-order valence-corrected chi connectivity index (χ0v) is 10.2. The normalized spacial score (nSPS) is 17.5. The Balaban J connectivity index is 1.77. The molecule has 0 bridgehead atoms. The molecule has 0 amide bonds. The Morgan fingerprint density at radius 1 is 1.35 bits per heavy atom. The van der Waals surface area contributed by atoms with E-state index in [1.165, 1.54) is 5.56 Å². The SMILES string of the molecule is COc1ccc(CNCC2(CN)COC2)cc1. The third-order valence-corrected chi connectivity index (χ3v) is 3.24. The van der Waals surface area contributed by atoms with Crippen LogP contribution in [0.5, 0.6) is 5.75 Å². The van der Waals surface area contributed by atoms with E-state index in [2.05, 4.69) is 17.4 Å². The Morgan fingerprint density at radius 2 is 2.06 bits per heavy atom. The van der Waals surface area contributed by atoms with Crippen molar-refractivity contribution in [3.05, 3.63) is 29.8 Å². The molecule has 0 unspecified atom stereocenters. The number of nitrogens with two attached hydrogens (primary N) is 1. The predicted molar refractivity (Wildman–Crippen MR) is 67.0 cm³/mol. The van der Waals surface area contributed by atoms with Crippen LogP contribution in [0.2, 0.25) is 0 Å². The average molecular weight is 236 g/mol. The molecule has 0 aromatic heterocycles. The largest absolute Gasteiger partial charge is 0.497 e. The van der Waals surface area contributed by atoms with E-state index < -0.39 is 0 Å². The van der Waals surface area contributed by atoms with Crippen LogP contribution in [0, 0.1) is 5.41 Å². The molecule has 0 radical (unpaired) electrons. The van der Waals surface area contributed by atoms with Gasteiger partial charge in [0.25, 0.3) is 0 Å². The minimum atomic E-state index is 0.159. The minimum absolute atomic E-state index is 0.159. The fourth-order valence-electron chi connectivity index (χ4n) is 1.90. The smallest absolute Gasteiger partial charge is 0.118 e. The predicted octanol–water partition coefficient (Wildman–Crippen LogP) is 0.760. The molecule has 4 nitrogen and oxygen atoms in total. The molecule has 0 atom stereocenters. The van der Waals surface area contributed by atoms with E-state index in [1.54, 1.807) is 7.11 Å². The Morgan fingerprint density at radius 3 is 2.53 bits per heavy atom. The zero-order chi connectivity index (χ0) is 12.1. The molecule has 1 aliphatic heterocycles. The van der Waals surface area contributed by atoms with Gasteiger partial charge in [-0.05, 0) is 17.7 Å². The van der Waals surface area contributed by atoms with Gasteiger partial charge < -0.3 is 20.5 Å². The fraction of sp³-hybridized carbons (Fsp3) is 0.538. The molecule has 2 rings (SSSR count). The Bertz CT molecular complexity index is 341. The third kappa shape index (κ3) is 2.97. The molecule has 1 fully saturated rings. The van der Waals surface area contributed by atoms with E-state index in [-0.39, 0.29) is 5.41 Å². The first-order valence-electron chi connectivity index (χ1n) is 5.89. The summed E-state index contributed by atoms with van der Waals surface area (Å²) in [6.07, 6.45) is 0. The maximum atomic E-state index is 5.75. The van der Waals surface area contributed by atoms with Crippen LogP contribution in [-0.2, 0) is 11.3 Å². The summed E-state index contributed by atoms with van der Waals surface area (Å²) in [4.78, 5) is 0. The van der Waals surface area contributed by atoms with Gasteiger partial charge in [0.1, 0.15) is 5.75 Å². The number of nitrogens with one attached hydrogen (secondary N) is 1. The summed E-state index contributed by atoms with van der Waals surface area (Å²) in [5, 5.41) is 3.43. The molecule has 94 valence electrons. The highest BCUT2D eigenvalue weighted by Gasteiger charge is 2.36. The van der Waals surface area contributed by atoms with Crippen molar-refractivity contribution >= 4 is 0 Å². The van der Waals surface area contributed by atoms with Gasteiger partial charge in [-0.3, -0.25) is 0 Å². The summed E-state index contributed by atoms with van der Waals surface area (Å²) in [6.45, 7) is 4.00. The molecule has 1 aromatic carbocycles. The van der Waals surface area contributed by atoms with Crippen molar-refractivity contribution in [2.75, 3.05) is 33.4 Å². The summed E-state index contributed by atoms with van der Waals surface area (Å²) in [6, 6.07) is 8.08. The highest BCUT2D eigenvalue weighted by Crippen LogP contribution is 2.24. The number of hydrogen-bond donors (Lipinski definition) is 2. The van der Waals surface area contributed by atoms with Gasteiger partial charge in [-0.25, -0.2) is 0 Å². The number of ether oxygens (including phenoxy) is 2. The molecule has 1 heterocycles. The second-order valence-corrected chi connectivity index (χ2v) is 4.65. The number of benzene rings is 1. The number of methoxy groups -OCH3 is 1. The van der Waals surface area contributed by atoms with Gasteiger partial charge >= 0.3 is 0 Å². The number of rotatable bonds is 6. The molecule has 4 heteroatoms. The van der Waals surface area contributed by atoms with Crippen molar-refractivity contribution in [1.29, 1.82) is 0 Å². The maximum absolute atomic E-state index is 5.75. The Hall–Kier alpha value is -1.10. The zero-order valence-electron chi connectivity index (χ0n) is 10.2.